The minimum Gasteiger partial charge on any atom is -0.370 e. The summed E-state index contributed by atoms with van der Waals surface area (Å²) in [5, 5.41) is 4.25. The van der Waals surface area contributed by atoms with Crippen molar-refractivity contribution >= 4 is 29.0 Å². The van der Waals surface area contributed by atoms with Gasteiger partial charge in [-0.15, -0.1) is 0 Å². The summed E-state index contributed by atoms with van der Waals surface area (Å²) < 4.78 is 0. The van der Waals surface area contributed by atoms with Gasteiger partial charge in [0.05, 0.1) is 15.7 Å². The van der Waals surface area contributed by atoms with Crippen LogP contribution in [-0.4, -0.2) is 16.5 Å². The Morgan fingerprint density at radius 1 is 1.16 bits per heavy atom. The van der Waals surface area contributed by atoms with E-state index in [-0.39, 0.29) is 0 Å². The van der Waals surface area contributed by atoms with Crippen LogP contribution in [0.25, 0.3) is 11.3 Å². The Labute approximate surface area is 123 Å². The highest BCUT2D eigenvalue weighted by atomic mass is 35.5. The van der Waals surface area contributed by atoms with Crippen molar-refractivity contribution in [3.63, 3.8) is 0 Å². The molecule has 5 heteroatoms. The zero-order chi connectivity index (χ0) is 13.8. The number of halogens is 2. The number of benzene rings is 1. The molecule has 2 rings (SSSR count). The molecule has 0 fully saturated rings. The fraction of sp³-hybridized carbons (Fsp3) is 0.286. The average molecular weight is 296 g/mol. The van der Waals surface area contributed by atoms with Crippen molar-refractivity contribution in [2.75, 3.05) is 11.9 Å². The van der Waals surface area contributed by atoms with E-state index in [0.29, 0.717) is 10.0 Å². The number of hydrogen-bond donors (Lipinski definition) is 1. The highest BCUT2D eigenvalue weighted by Gasteiger charge is 2.10. The third kappa shape index (κ3) is 3.17. The van der Waals surface area contributed by atoms with Crippen molar-refractivity contribution in [1.82, 2.24) is 9.97 Å². The van der Waals surface area contributed by atoms with Crippen molar-refractivity contribution in [2.24, 2.45) is 0 Å². The third-order valence-corrected chi connectivity index (χ3v) is 3.49. The summed E-state index contributed by atoms with van der Waals surface area (Å²) in [6.07, 6.45) is 0.768. The molecule has 0 aliphatic carbocycles. The molecule has 1 aromatic carbocycles. The number of nitrogens with zero attached hydrogens (tertiary/aromatic N) is 2. The summed E-state index contributed by atoms with van der Waals surface area (Å²) in [6.45, 7) is 4.86. The van der Waals surface area contributed by atoms with E-state index < -0.39 is 0 Å². The van der Waals surface area contributed by atoms with Gasteiger partial charge in [-0.05, 0) is 13.0 Å². The lowest BCUT2D eigenvalue weighted by Crippen LogP contribution is -2.04. The van der Waals surface area contributed by atoms with Gasteiger partial charge in [0.2, 0.25) is 0 Å². The zero-order valence-corrected chi connectivity index (χ0v) is 12.4. The number of rotatable bonds is 4. The smallest absolute Gasteiger partial charge is 0.131 e. The molecular weight excluding hydrogens is 281 g/mol. The molecule has 0 bridgehead atoms. The Bertz CT molecular complexity index is 585. The maximum atomic E-state index is 6.24. The first-order valence-corrected chi connectivity index (χ1v) is 6.97. The number of anilines is 1. The molecule has 3 nitrogen and oxygen atoms in total. The van der Waals surface area contributed by atoms with E-state index >= 15 is 0 Å². The van der Waals surface area contributed by atoms with Crippen molar-refractivity contribution in [3.05, 3.63) is 40.1 Å². The predicted octanol–water partition coefficient (Wildman–Crippen LogP) is 4.44. The molecule has 0 saturated carbocycles. The van der Waals surface area contributed by atoms with Crippen LogP contribution in [0.5, 0.6) is 0 Å². The summed E-state index contributed by atoms with van der Waals surface area (Å²) in [5.74, 6) is 1.59. The van der Waals surface area contributed by atoms with E-state index in [2.05, 4.69) is 15.3 Å². The lowest BCUT2D eigenvalue weighted by atomic mass is 10.1. The van der Waals surface area contributed by atoms with Gasteiger partial charge >= 0.3 is 0 Å². The molecule has 0 unspecified atom stereocenters. The van der Waals surface area contributed by atoms with Gasteiger partial charge in [-0.3, -0.25) is 0 Å². The fourth-order valence-electron chi connectivity index (χ4n) is 1.77. The monoisotopic (exact) mass is 295 g/mol. The van der Waals surface area contributed by atoms with Crippen molar-refractivity contribution in [1.29, 1.82) is 0 Å². The summed E-state index contributed by atoms with van der Waals surface area (Å²) in [5.41, 5.74) is 1.61. The highest BCUT2D eigenvalue weighted by molar-refractivity contribution is 6.43. The molecule has 1 aromatic heterocycles. The molecule has 0 amide bonds. The van der Waals surface area contributed by atoms with Crippen molar-refractivity contribution in [3.8, 4) is 11.3 Å². The Balaban J connectivity index is 2.54. The van der Waals surface area contributed by atoms with Gasteiger partial charge in [-0.1, -0.05) is 42.3 Å². The Morgan fingerprint density at radius 3 is 2.63 bits per heavy atom. The van der Waals surface area contributed by atoms with Crippen LogP contribution in [0.1, 0.15) is 19.7 Å². The second kappa shape index (κ2) is 6.22. The van der Waals surface area contributed by atoms with Crippen LogP contribution in [0.2, 0.25) is 10.0 Å². The minimum atomic E-state index is 0.521. The highest BCUT2D eigenvalue weighted by Crippen LogP contribution is 2.33. The largest absolute Gasteiger partial charge is 0.370 e. The third-order valence-electron chi connectivity index (χ3n) is 2.67. The van der Waals surface area contributed by atoms with Gasteiger partial charge in [-0.2, -0.15) is 0 Å². The van der Waals surface area contributed by atoms with Crippen LogP contribution in [0.4, 0.5) is 5.82 Å². The summed E-state index contributed by atoms with van der Waals surface area (Å²) in [4.78, 5) is 8.93. The number of aromatic nitrogens is 2. The second-order valence-corrected chi connectivity index (χ2v) is 4.83. The fourth-order valence-corrected chi connectivity index (χ4v) is 2.16. The molecule has 100 valence electrons. The van der Waals surface area contributed by atoms with Crippen LogP contribution in [0.15, 0.2) is 24.3 Å². The van der Waals surface area contributed by atoms with Crippen LogP contribution >= 0.6 is 23.2 Å². The van der Waals surface area contributed by atoms with E-state index in [1.54, 1.807) is 6.07 Å². The maximum absolute atomic E-state index is 6.24. The molecule has 1 N–H and O–H groups in total. The minimum absolute atomic E-state index is 0.521. The molecule has 19 heavy (non-hydrogen) atoms. The van der Waals surface area contributed by atoms with E-state index in [1.807, 2.05) is 32.0 Å². The van der Waals surface area contributed by atoms with Crippen molar-refractivity contribution in [2.45, 2.75) is 20.3 Å². The Kier molecular flexibility index (Phi) is 4.61. The van der Waals surface area contributed by atoms with Crippen LogP contribution in [0.3, 0.4) is 0 Å². The predicted molar refractivity (Wildman–Crippen MR) is 81.0 cm³/mol. The lowest BCUT2D eigenvalue weighted by molar-refractivity contribution is 0.939. The molecule has 0 aliphatic heterocycles. The quantitative estimate of drug-likeness (QED) is 0.906. The first-order valence-electron chi connectivity index (χ1n) is 6.22. The molecule has 1 heterocycles. The van der Waals surface area contributed by atoms with Gasteiger partial charge in [0.15, 0.2) is 0 Å². The SMILES string of the molecule is CCNc1cc(-c2cccc(Cl)c2Cl)nc(CC)n1. The number of aryl methyl sites for hydroxylation is 1. The normalized spacial score (nSPS) is 10.5. The first kappa shape index (κ1) is 14.1. The van der Waals surface area contributed by atoms with E-state index in [1.165, 1.54) is 0 Å². The van der Waals surface area contributed by atoms with Gasteiger partial charge < -0.3 is 5.32 Å². The van der Waals surface area contributed by atoms with Gasteiger partial charge in [0.25, 0.3) is 0 Å². The molecular formula is C14H15Cl2N3. The summed E-state index contributed by atoms with van der Waals surface area (Å²) >= 11 is 12.3. The Morgan fingerprint density at radius 2 is 1.95 bits per heavy atom. The van der Waals surface area contributed by atoms with Crippen LogP contribution in [-0.2, 0) is 6.42 Å². The van der Waals surface area contributed by atoms with Gasteiger partial charge in [-0.25, -0.2) is 9.97 Å². The number of nitrogens with one attached hydrogen (secondary N) is 1. The van der Waals surface area contributed by atoms with Crippen LogP contribution in [0, 0.1) is 0 Å². The second-order valence-electron chi connectivity index (χ2n) is 4.04. The summed E-state index contributed by atoms with van der Waals surface area (Å²) in [6, 6.07) is 7.43. The van der Waals surface area contributed by atoms with Gasteiger partial charge in [0.1, 0.15) is 11.6 Å². The van der Waals surface area contributed by atoms with E-state index in [9.17, 15) is 0 Å². The first-order chi connectivity index (χ1) is 9.15. The molecule has 0 atom stereocenters. The average Bonchev–Trinajstić information content (AvgIpc) is 2.42. The van der Waals surface area contributed by atoms with Crippen LogP contribution < -0.4 is 5.32 Å². The molecule has 2 aromatic rings. The van der Waals surface area contributed by atoms with Gasteiger partial charge in [0, 0.05) is 24.6 Å². The number of hydrogen-bond acceptors (Lipinski definition) is 3. The summed E-state index contributed by atoms with van der Waals surface area (Å²) in [7, 11) is 0. The zero-order valence-electron chi connectivity index (χ0n) is 10.9. The van der Waals surface area contributed by atoms with Crippen molar-refractivity contribution < 1.29 is 0 Å². The molecule has 0 saturated heterocycles. The standard InChI is InChI=1S/C14H15Cl2N3/c1-3-12-18-11(8-13(19-12)17-4-2)9-6-5-7-10(15)14(9)16/h5-8H,3-4H2,1-2H3,(H,17,18,19). The lowest BCUT2D eigenvalue weighted by Gasteiger charge is -2.10. The van der Waals surface area contributed by atoms with E-state index in [0.717, 1.165) is 35.9 Å². The maximum Gasteiger partial charge on any atom is 0.131 e. The molecule has 0 radical (unpaired) electrons. The van der Waals surface area contributed by atoms with E-state index in [4.69, 9.17) is 23.2 Å². The molecule has 0 spiro atoms. The molecule has 0 aliphatic rings. The Hall–Kier alpha value is -1.32. The topological polar surface area (TPSA) is 37.8 Å².